The van der Waals surface area contributed by atoms with E-state index < -0.39 is 5.91 Å². The molecule has 1 heterocycles. The van der Waals surface area contributed by atoms with Gasteiger partial charge in [-0.2, -0.15) is 0 Å². The highest BCUT2D eigenvalue weighted by Crippen LogP contribution is 2.29. The Morgan fingerprint density at radius 3 is 2.20 bits per heavy atom. The molecule has 0 spiro atoms. The van der Waals surface area contributed by atoms with Crippen LogP contribution in [0.5, 0.6) is 11.5 Å². The standard InChI is InChI=1S/C32H28BrN3O4/c33-28-8-4-5-9-30(28)40-27-16-10-23(11-17-27)22-29(35-31(37)24-6-2-1-3-7-24)32(38)34-25-12-14-26(15-13-25)36-18-20-39-21-19-36/h1-17,22H,18-21H2,(H,34,38)(H,35,37)/b29-22+. The Bertz CT molecular complexity index is 1480. The number of morpholine rings is 1. The van der Waals surface area contributed by atoms with Gasteiger partial charge in [-0.25, -0.2) is 0 Å². The topological polar surface area (TPSA) is 79.9 Å². The Morgan fingerprint density at radius 1 is 0.825 bits per heavy atom. The predicted octanol–water partition coefficient (Wildman–Crippen LogP) is 6.49. The molecule has 0 atom stereocenters. The van der Waals surface area contributed by atoms with Crippen LogP contribution in [0, 0.1) is 0 Å². The number of hydrogen-bond donors (Lipinski definition) is 2. The van der Waals surface area contributed by atoms with Gasteiger partial charge in [0.05, 0.1) is 17.7 Å². The van der Waals surface area contributed by atoms with Crippen LogP contribution in [0.1, 0.15) is 15.9 Å². The van der Waals surface area contributed by atoms with Crippen LogP contribution in [0.25, 0.3) is 6.08 Å². The zero-order valence-electron chi connectivity index (χ0n) is 21.7. The van der Waals surface area contributed by atoms with E-state index in [-0.39, 0.29) is 11.6 Å². The average molecular weight is 598 g/mol. The van der Waals surface area contributed by atoms with Gasteiger partial charge in [0.15, 0.2) is 0 Å². The third-order valence-electron chi connectivity index (χ3n) is 6.29. The fourth-order valence-corrected chi connectivity index (χ4v) is 4.54. The van der Waals surface area contributed by atoms with E-state index in [1.54, 1.807) is 30.3 Å². The first kappa shape index (κ1) is 27.2. The Balaban J connectivity index is 1.34. The van der Waals surface area contributed by atoms with Crippen LogP contribution in [0.3, 0.4) is 0 Å². The quantitative estimate of drug-likeness (QED) is 0.227. The van der Waals surface area contributed by atoms with Crippen molar-refractivity contribution in [3.63, 3.8) is 0 Å². The van der Waals surface area contributed by atoms with Crippen LogP contribution in [-0.2, 0) is 9.53 Å². The first-order valence-electron chi connectivity index (χ1n) is 12.9. The Kier molecular flexibility index (Phi) is 8.90. The van der Waals surface area contributed by atoms with Gasteiger partial charge in [0.1, 0.15) is 17.2 Å². The van der Waals surface area contributed by atoms with E-state index in [4.69, 9.17) is 9.47 Å². The molecule has 1 aliphatic heterocycles. The van der Waals surface area contributed by atoms with E-state index in [2.05, 4.69) is 31.5 Å². The molecule has 7 nitrogen and oxygen atoms in total. The summed E-state index contributed by atoms with van der Waals surface area (Å²) >= 11 is 3.48. The van der Waals surface area contributed by atoms with E-state index in [1.165, 1.54) is 0 Å². The Hall–Kier alpha value is -4.40. The number of ether oxygens (including phenoxy) is 2. The first-order chi connectivity index (χ1) is 19.5. The van der Waals surface area contributed by atoms with Crippen molar-refractivity contribution in [1.82, 2.24) is 5.32 Å². The fourth-order valence-electron chi connectivity index (χ4n) is 4.17. The van der Waals surface area contributed by atoms with E-state index in [1.807, 2.05) is 78.9 Å². The van der Waals surface area contributed by atoms with Crippen molar-refractivity contribution in [2.45, 2.75) is 0 Å². The number of nitrogens with zero attached hydrogens (tertiary/aromatic N) is 1. The molecular formula is C32H28BrN3O4. The van der Waals surface area contributed by atoms with Crippen LogP contribution in [0.2, 0.25) is 0 Å². The van der Waals surface area contributed by atoms with E-state index in [9.17, 15) is 9.59 Å². The van der Waals surface area contributed by atoms with Gasteiger partial charge in [-0.05, 0) is 88.2 Å². The average Bonchev–Trinajstić information content (AvgIpc) is 3.00. The summed E-state index contributed by atoms with van der Waals surface area (Å²) in [6.07, 6.45) is 1.64. The molecule has 1 aliphatic rings. The van der Waals surface area contributed by atoms with Crippen LogP contribution < -0.4 is 20.3 Å². The molecule has 4 aromatic rings. The highest BCUT2D eigenvalue weighted by Gasteiger charge is 2.16. The number of para-hydroxylation sites is 1. The number of rotatable bonds is 8. The van der Waals surface area contributed by atoms with Crippen LogP contribution in [0.4, 0.5) is 11.4 Å². The van der Waals surface area contributed by atoms with E-state index in [0.717, 1.165) is 28.8 Å². The van der Waals surface area contributed by atoms with Gasteiger partial charge in [-0.3, -0.25) is 9.59 Å². The maximum atomic E-state index is 13.4. The number of halogens is 1. The molecule has 2 N–H and O–H groups in total. The highest BCUT2D eigenvalue weighted by molar-refractivity contribution is 9.10. The summed E-state index contributed by atoms with van der Waals surface area (Å²) in [7, 11) is 0. The van der Waals surface area contributed by atoms with Crippen molar-refractivity contribution >= 4 is 45.2 Å². The fraction of sp³-hybridized carbons (Fsp3) is 0.125. The molecule has 1 fully saturated rings. The highest BCUT2D eigenvalue weighted by atomic mass is 79.9. The van der Waals surface area contributed by atoms with Crippen LogP contribution in [0.15, 0.2) is 113 Å². The van der Waals surface area contributed by atoms with Crippen LogP contribution in [-0.4, -0.2) is 38.1 Å². The lowest BCUT2D eigenvalue weighted by Crippen LogP contribution is -2.36. The van der Waals surface area contributed by atoms with E-state index in [0.29, 0.717) is 36.0 Å². The number of benzene rings is 4. The van der Waals surface area contributed by atoms with Crippen molar-refractivity contribution in [2.24, 2.45) is 0 Å². The lowest BCUT2D eigenvalue weighted by Gasteiger charge is -2.28. The van der Waals surface area contributed by atoms with E-state index >= 15 is 0 Å². The zero-order valence-corrected chi connectivity index (χ0v) is 23.3. The molecule has 1 saturated heterocycles. The maximum absolute atomic E-state index is 13.4. The lowest BCUT2D eigenvalue weighted by molar-refractivity contribution is -0.113. The number of carbonyl (C=O) groups excluding carboxylic acids is 2. The summed E-state index contributed by atoms with van der Waals surface area (Å²) in [4.78, 5) is 28.5. The normalized spacial score (nSPS) is 13.4. The van der Waals surface area contributed by atoms with Gasteiger partial charge < -0.3 is 25.0 Å². The maximum Gasteiger partial charge on any atom is 0.272 e. The Morgan fingerprint density at radius 2 is 1.50 bits per heavy atom. The third kappa shape index (κ3) is 7.16. The summed E-state index contributed by atoms with van der Waals surface area (Å²) in [5.74, 6) is 0.528. The molecule has 0 aromatic heterocycles. The summed E-state index contributed by atoms with van der Waals surface area (Å²) in [6, 6.07) is 31.3. The first-order valence-corrected chi connectivity index (χ1v) is 13.7. The summed E-state index contributed by atoms with van der Waals surface area (Å²) in [6.45, 7) is 3.06. The molecule has 8 heteroatoms. The van der Waals surface area contributed by atoms with Crippen molar-refractivity contribution in [3.05, 3.63) is 124 Å². The van der Waals surface area contributed by atoms with Crippen molar-refractivity contribution in [2.75, 3.05) is 36.5 Å². The molecule has 0 bridgehead atoms. The minimum absolute atomic E-state index is 0.116. The molecule has 0 aliphatic carbocycles. The number of amides is 2. The molecule has 0 unspecified atom stereocenters. The number of anilines is 2. The molecule has 2 amide bonds. The molecular weight excluding hydrogens is 570 g/mol. The largest absolute Gasteiger partial charge is 0.456 e. The second kappa shape index (κ2) is 13.1. The number of hydrogen-bond acceptors (Lipinski definition) is 5. The number of nitrogens with one attached hydrogen (secondary N) is 2. The SMILES string of the molecule is O=C(Nc1ccc(N2CCOCC2)cc1)/C(=C\c1ccc(Oc2ccccc2Br)cc1)NC(=O)c1ccccc1. The van der Waals surface area contributed by atoms with Gasteiger partial charge in [0.25, 0.3) is 11.8 Å². The molecule has 5 rings (SSSR count). The second-order valence-corrected chi connectivity index (χ2v) is 9.93. The summed E-state index contributed by atoms with van der Waals surface area (Å²) < 4.78 is 12.2. The van der Waals surface area contributed by atoms with Crippen molar-refractivity contribution in [1.29, 1.82) is 0 Å². The minimum atomic E-state index is -0.433. The monoisotopic (exact) mass is 597 g/mol. The zero-order chi connectivity index (χ0) is 27.7. The van der Waals surface area contributed by atoms with Gasteiger partial charge in [-0.15, -0.1) is 0 Å². The molecule has 4 aromatic carbocycles. The lowest BCUT2D eigenvalue weighted by atomic mass is 10.1. The smallest absolute Gasteiger partial charge is 0.272 e. The summed E-state index contributed by atoms with van der Waals surface area (Å²) in [5.41, 5.74) is 2.98. The van der Waals surface area contributed by atoms with Gasteiger partial charge in [0.2, 0.25) is 0 Å². The molecule has 202 valence electrons. The summed E-state index contributed by atoms with van der Waals surface area (Å²) in [5, 5.41) is 5.68. The number of carbonyl (C=O) groups is 2. The van der Waals surface area contributed by atoms with Gasteiger partial charge in [-0.1, -0.05) is 42.5 Å². The molecule has 0 saturated carbocycles. The van der Waals surface area contributed by atoms with Crippen molar-refractivity contribution in [3.8, 4) is 11.5 Å². The third-order valence-corrected chi connectivity index (χ3v) is 6.94. The van der Waals surface area contributed by atoms with Gasteiger partial charge >= 0.3 is 0 Å². The second-order valence-electron chi connectivity index (χ2n) is 9.08. The van der Waals surface area contributed by atoms with Crippen LogP contribution >= 0.6 is 15.9 Å². The Labute approximate surface area is 241 Å². The molecule has 0 radical (unpaired) electrons. The predicted molar refractivity (Wildman–Crippen MR) is 161 cm³/mol. The van der Waals surface area contributed by atoms with Gasteiger partial charge in [0, 0.05) is 30.0 Å². The minimum Gasteiger partial charge on any atom is -0.456 e. The van der Waals surface area contributed by atoms with Crippen molar-refractivity contribution < 1.29 is 19.1 Å². The molecule has 40 heavy (non-hydrogen) atoms.